The van der Waals surface area contributed by atoms with Crippen molar-refractivity contribution >= 4 is 11.9 Å². The number of carbonyl (C=O) groups is 2. The first-order valence-electron chi connectivity index (χ1n) is 3.55. The van der Waals surface area contributed by atoms with E-state index in [1.54, 1.807) is 0 Å². The van der Waals surface area contributed by atoms with Crippen LogP contribution in [0.1, 0.15) is 13.8 Å². The number of carboxylic acids is 2. The standard InChI is InChI=1S/C7H13NO4/c1-4(6(9)10)8(3)5(2)7(11)12/h4-5H,1-3H3,(H,9,10)(H,11,12). The molecule has 0 aromatic carbocycles. The third kappa shape index (κ3) is 2.50. The van der Waals surface area contributed by atoms with Gasteiger partial charge < -0.3 is 10.2 Å². The summed E-state index contributed by atoms with van der Waals surface area (Å²) in [4.78, 5) is 22.1. The van der Waals surface area contributed by atoms with Crippen molar-refractivity contribution in [1.82, 2.24) is 4.90 Å². The van der Waals surface area contributed by atoms with Gasteiger partial charge in [-0.15, -0.1) is 0 Å². The van der Waals surface area contributed by atoms with Crippen LogP contribution >= 0.6 is 0 Å². The first-order chi connectivity index (χ1) is 5.37. The van der Waals surface area contributed by atoms with E-state index < -0.39 is 24.0 Å². The molecular formula is C7H13NO4. The van der Waals surface area contributed by atoms with Crippen LogP contribution in [0.2, 0.25) is 0 Å². The molecule has 0 aliphatic heterocycles. The normalized spacial score (nSPS) is 15.7. The largest absolute Gasteiger partial charge is 0.480 e. The molecule has 5 heteroatoms. The van der Waals surface area contributed by atoms with E-state index in [0.717, 1.165) is 0 Å². The number of nitrogens with zero attached hydrogens (tertiary/aromatic N) is 1. The molecule has 0 heterocycles. The molecule has 0 aliphatic carbocycles. The quantitative estimate of drug-likeness (QED) is 0.622. The number of rotatable bonds is 4. The Morgan fingerprint density at radius 1 is 1.08 bits per heavy atom. The van der Waals surface area contributed by atoms with E-state index in [1.165, 1.54) is 25.8 Å². The SMILES string of the molecule is CC(C(=O)O)N(C)C(C)C(=O)O. The summed E-state index contributed by atoms with van der Waals surface area (Å²) in [5, 5.41) is 17.1. The van der Waals surface area contributed by atoms with Gasteiger partial charge in [0.05, 0.1) is 0 Å². The van der Waals surface area contributed by atoms with Gasteiger partial charge in [0.1, 0.15) is 12.1 Å². The van der Waals surface area contributed by atoms with E-state index in [2.05, 4.69) is 0 Å². The van der Waals surface area contributed by atoms with E-state index in [4.69, 9.17) is 10.2 Å². The molecule has 2 unspecified atom stereocenters. The summed E-state index contributed by atoms with van der Waals surface area (Å²) < 4.78 is 0. The predicted octanol–water partition coefficient (Wildman–Crippen LogP) is -0.136. The number of hydrogen-bond donors (Lipinski definition) is 2. The van der Waals surface area contributed by atoms with Crippen molar-refractivity contribution in [1.29, 1.82) is 0 Å². The lowest BCUT2D eigenvalue weighted by atomic mass is 10.2. The summed E-state index contributed by atoms with van der Waals surface area (Å²) >= 11 is 0. The van der Waals surface area contributed by atoms with Gasteiger partial charge >= 0.3 is 11.9 Å². The minimum Gasteiger partial charge on any atom is -0.480 e. The lowest BCUT2D eigenvalue weighted by Crippen LogP contribution is -2.45. The molecular weight excluding hydrogens is 162 g/mol. The van der Waals surface area contributed by atoms with Gasteiger partial charge in [0, 0.05) is 0 Å². The van der Waals surface area contributed by atoms with Gasteiger partial charge in [-0.3, -0.25) is 14.5 Å². The lowest BCUT2D eigenvalue weighted by molar-refractivity contribution is -0.148. The molecule has 0 saturated carbocycles. The minimum absolute atomic E-state index is 0.781. The van der Waals surface area contributed by atoms with Crippen molar-refractivity contribution in [2.45, 2.75) is 25.9 Å². The highest BCUT2D eigenvalue weighted by atomic mass is 16.4. The Kier molecular flexibility index (Phi) is 3.69. The molecule has 0 amide bonds. The molecule has 0 radical (unpaired) electrons. The Balaban J connectivity index is 4.28. The fraction of sp³-hybridized carbons (Fsp3) is 0.714. The summed E-state index contributed by atoms with van der Waals surface area (Å²) in [6.07, 6.45) is 0. The summed E-state index contributed by atoms with van der Waals surface area (Å²) in [6, 6.07) is -1.56. The zero-order valence-electron chi connectivity index (χ0n) is 7.31. The van der Waals surface area contributed by atoms with Crippen LogP contribution in [0, 0.1) is 0 Å². The molecule has 12 heavy (non-hydrogen) atoms. The highest BCUT2D eigenvalue weighted by molar-refractivity contribution is 5.76. The van der Waals surface area contributed by atoms with Crippen LogP contribution in [0.4, 0.5) is 0 Å². The summed E-state index contributed by atoms with van der Waals surface area (Å²) in [5.74, 6) is -2.05. The summed E-state index contributed by atoms with van der Waals surface area (Å²) in [6.45, 7) is 2.89. The van der Waals surface area contributed by atoms with E-state index in [9.17, 15) is 9.59 Å². The van der Waals surface area contributed by atoms with Gasteiger partial charge in [0.15, 0.2) is 0 Å². The maximum Gasteiger partial charge on any atom is 0.320 e. The zero-order valence-corrected chi connectivity index (χ0v) is 7.31. The van der Waals surface area contributed by atoms with E-state index >= 15 is 0 Å². The number of hydrogen-bond acceptors (Lipinski definition) is 3. The highest BCUT2D eigenvalue weighted by Crippen LogP contribution is 2.02. The highest BCUT2D eigenvalue weighted by Gasteiger charge is 2.25. The Morgan fingerprint density at radius 2 is 1.33 bits per heavy atom. The summed E-state index contributed by atoms with van der Waals surface area (Å²) in [5.41, 5.74) is 0. The number of likely N-dealkylation sites (N-methyl/N-ethyl adjacent to an activating group) is 1. The first kappa shape index (κ1) is 10.9. The molecule has 0 aromatic heterocycles. The monoisotopic (exact) mass is 175 g/mol. The van der Waals surface area contributed by atoms with Crippen LogP contribution in [0.15, 0.2) is 0 Å². The smallest absolute Gasteiger partial charge is 0.320 e. The second kappa shape index (κ2) is 4.06. The van der Waals surface area contributed by atoms with Gasteiger partial charge in [-0.1, -0.05) is 0 Å². The lowest BCUT2D eigenvalue weighted by Gasteiger charge is -2.24. The molecule has 0 fully saturated rings. The Hall–Kier alpha value is -1.10. The fourth-order valence-corrected chi connectivity index (χ4v) is 0.684. The number of carboxylic acid groups (broad SMARTS) is 2. The van der Waals surface area contributed by atoms with Crippen LogP contribution in [0.25, 0.3) is 0 Å². The van der Waals surface area contributed by atoms with Crippen LogP contribution in [-0.4, -0.2) is 46.2 Å². The topological polar surface area (TPSA) is 77.8 Å². The van der Waals surface area contributed by atoms with Crippen molar-refractivity contribution < 1.29 is 19.8 Å². The van der Waals surface area contributed by atoms with Gasteiger partial charge in [-0.25, -0.2) is 0 Å². The van der Waals surface area contributed by atoms with Crippen LogP contribution in [0.3, 0.4) is 0 Å². The van der Waals surface area contributed by atoms with Crippen LogP contribution < -0.4 is 0 Å². The van der Waals surface area contributed by atoms with E-state index in [-0.39, 0.29) is 0 Å². The second-order valence-corrected chi connectivity index (χ2v) is 2.69. The molecule has 0 rings (SSSR count). The average molecular weight is 175 g/mol. The van der Waals surface area contributed by atoms with Gasteiger partial charge in [0.2, 0.25) is 0 Å². The van der Waals surface area contributed by atoms with E-state index in [0.29, 0.717) is 0 Å². The maximum absolute atomic E-state index is 10.4. The third-order valence-corrected chi connectivity index (χ3v) is 1.94. The van der Waals surface area contributed by atoms with Crippen molar-refractivity contribution in [3.8, 4) is 0 Å². The van der Waals surface area contributed by atoms with Crippen molar-refractivity contribution in [2.24, 2.45) is 0 Å². The average Bonchev–Trinajstić information content (AvgIpc) is 2.00. The molecule has 70 valence electrons. The van der Waals surface area contributed by atoms with Crippen molar-refractivity contribution in [3.05, 3.63) is 0 Å². The minimum atomic E-state index is -1.02. The first-order valence-corrected chi connectivity index (χ1v) is 3.55. The molecule has 0 aromatic rings. The molecule has 0 saturated heterocycles. The molecule has 5 nitrogen and oxygen atoms in total. The zero-order chi connectivity index (χ0) is 9.89. The Morgan fingerprint density at radius 3 is 1.50 bits per heavy atom. The molecule has 2 N–H and O–H groups in total. The van der Waals surface area contributed by atoms with Gasteiger partial charge in [-0.2, -0.15) is 0 Å². The van der Waals surface area contributed by atoms with Crippen molar-refractivity contribution in [2.75, 3.05) is 7.05 Å². The maximum atomic E-state index is 10.4. The number of aliphatic carboxylic acids is 2. The predicted molar refractivity (Wildman–Crippen MR) is 42.0 cm³/mol. The van der Waals surface area contributed by atoms with Crippen molar-refractivity contribution in [3.63, 3.8) is 0 Å². The fourth-order valence-electron chi connectivity index (χ4n) is 0.684. The molecule has 2 atom stereocenters. The second-order valence-electron chi connectivity index (χ2n) is 2.69. The molecule has 0 spiro atoms. The Bertz CT molecular complexity index is 172. The summed E-state index contributed by atoms with van der Waals surface area (Å²) in [7, 11) is 1.47. The van der Waals surface area contributed by atoms with Gasteiger partial charge in [0.25, 0.3) is 0 Å². The van der Waals surface area contributed by atoms with Gasteiger partial charge in [-0.05, 0) is 20.9 Å². The van der Waals surface area contributed by atoms with Crippen LogP contribution in [0.5, 0.6) is 0 Å². The Labute approximate surface area is 70.6 Å². The van der Waals surface area contributed by atoms with E-state index in [1.807, 2.05) is 0 Å². The molecule has 0 aliphatic rings. The third-order valence-electron chi connectivity index (χ3n) is 1.94. The molecule has 0 bridgehead atoms. The van der Waals surface area contributed by atoms with Crippen LogP contribution in [-0.2, 0) is 9.59 Å².